The van der Waals surface area contributed by atoms with Gasteiger partial charge in [-0.2, -0.15) is 0 Å². The fraction of sp³-hybridized carbons (Fsp3) is 0.769. The molecule has 94 valence electrons. The summed E-state index contributed by atoms with van der Waals surface area (Å²) in [6.45, 7) is 1.12. The van der Waals surface area contributed by atoms with Gasteiger partial charge in [0.1, 0.15) is 0 Å². The number of nitrogens with zero attached hydrogens (tertiary/aromatic N) is 2. The molecule has 4 nitrogen and oxygen atoms in total. The van der Waals surface area contributed by atoms with Crippen molar-refractivity contribution in [3.63, 3.8) is 0 Å². The molecule has 3 rings (SSSR count). The van der Waals surface area contributed by atoms with Crippen molar-refractivity contribution < 1.29 is 5.11 Å². The van der Waals surface area contributed by atoms with Crippen LogP contribution < -0.4 is 5.32 Å². The van der Waals surface area contributed by atoms with Crippen LogP contribution in [-0.2, 0) is 0 Å². The Bertz CT molecular complexity index is 362. The van der Waals surface area contributed by atoms with Gasteiger partial charge < -0.3 is 15.0 Å². The summed E-state index contributed by atoms with van der Waals surface area (Å²) in [5.41, 5.74) is 1.34. The highest BCUT2D eigenvalue weighted by Gasteiger charge is 2.26. The van der Waals surface area contributed by atoms with Crippen molar-refractivity contribution in [2.75, 3.05) is 6.54 Å². The fourth-order valence-electron chi connectivity index (χ4n) is 3.16. The fourth-order valence-corrected chi connectivity index (χ4v) is 3.16. The SMILES string of the molecule is OC1CCC(n2cncc2[C@@H]2CCCN2)CC1. The molecule has 1 aromatic heterocycles. The van der Waals surface area contributed by atoms with E-state index >= 15 is 0 Å². The summed E-state index contributed by atoms with van der Waals surface area (Å²) in [5.74, 6) is 0. The third kappa shape index (κ3) is 2.24. The van der Waals surface area contributed by atoms with E-state index in [1.807, 2.05) is 12.5 Å². The summed E-state index contributed by atoms with van der Waals surface area (Å²) in [5, 5.41) is 13.1. The molecule has 0 aromatic carbocycles. The Kier molecular flexibility index (Phi) is 3.16. The Hall–Kier alpha value is -0.870. The van der Waals surface area contributed by atoms with Crippen LogP contribution >= 0.6 is 0 Å². The molecule has 1 atom stereocenters. The molecule has 0 spiro atoms. The van der Waals surface area contributed by atoms with Crippen LogP contribution in [0.4, 0.5) is 0 Å². The van der Waals surface area contributed by atoms with Crippen molar-refractivity contribution in [3.05, 3.63) is 18.2 Å². The molecule has 0 unspecified atom stereocenters. The predicted octanol–water partition coefficient (Wildman–Crippen LogP) is 1.78. The summed E-state index contributed by atoms with van der Waals surface area (Å²) in [6, 6.07) is 1.03. The highest BCUT2D eigenvalue weighted by Crippen LogP contribution is 2.32. The number of aliphatic hydroxyl groups excluding tert-OH is 1. The van der Waals surface area contributed by atoms with Crippen LogP contribution in [0.1, 0.15) is 56.3 Å². The van der Waals surface area contributed by atoms with Gasteiger partial charge >= 0.3 is 0 Å². The first-order valence-corrected chi connectivity index (χ1v) is 6.78. The number of rotatable bonds is 2. The van der Waals surface area contributed by atoms with Crippen molar-refractivity contribution >= 4 is 0 Å². The van der Waals surface area contributed by atoms with Crippen LogP contribution in [0.25, 0.3) is 0 Å². The van der Waals surface area contributed by atoms with E-state index in [0.29, 0.717) is 12.1 Å². The molecule has 2 aliphatic rings. The third-order valence-corrected chi connectivity index (χ3v) is 4.17. The van der Waals surface area contributed by atoms with Gasteiger partial charge in [-0.1, -0.05) is 0 Å². The molecule has 1 aromatic rings. The van der Waals surface area contributed by atoms with Gasteiger partial charge in [-0.05, 0) is 45.1 Å². The molecule has 1 aliphatic heterocycles. The second-order valence-corrected chi connectivity index (χ2v) is 5.34. The maximum atomic E-state index is 9.57. The van der Waals surface area contributed by atoms with Crippen molar-refractivity contribution in [1.82, 2.24) is 14.9 Å². The van der Waals surface area contributed by atoms with Crippen molar-refractivity contribution in [3.8, 4) is 0 Å². The van der Waals surface area contributed by atoms with Crippen LogP contribution in [0.2, 0.25) is 0 Å². The summed E-state index contributed by atoms with van der Waals surface area (Å²) in [7, 11) is 0. The second kappa shape index (κ2) is 4.78. The Morgan fingerprint density at radius 2 is 2.06 bits per heavy atom. The number of imidazole rings is 1. The van der Waals surface area contributed by atoms with Crippen molar-refractivity contribution in [2.45, 2.75) is 56.7 Å². The predicted molar refractivity (Wildman–Crippen MR) is 65.7 cm³/mol. The summed E-state index contributed by atoms with van der Waals surface area (Å²) >= 11 is 0. The highest BCUT2D eigenvalue weighted by molar-refractivity contribution is 5.09. The van der Waals surface area contributed by atoms with Crippen LogP contribution in [0.15, 0.2) is 12.5 Å². The minimum atomic E-state index is -0.0807. The molecule has 2 heterocycles. The van der Waals surface area contributed by atoms with Gasteiger partial charge in [0.25, 0.3) is 0 Å². The van der Waals surface area contributed by atoms with E-state index in [9.17, 15) is 5.11 Å². The molecule has 1 saturated carbocycles. The van der Waals surface area contributed by atoms with Crippen molar-refractivity contribution in [2.24, 2.45) is 0 Å². The molecular weight excluding hydrogens is 214 g/mol. The highest BCUT2D eigenvalue weighted by atomic mass is 16.3. The molecule has 2 fully saturated rings. The molecule has 1 saturated heterocycles. The van der Waals surface area contributed by atoms with Gasteiger partial charge in [0.05, 0.1) is 18.1 Å². The lowest BCUT2D eigenvalue weighted by atomic mass is 9.92. The van der Waals surface area contributed by atoms with Gasteiger partial charge in [-0.25, -0.2) is 4.98 Å². The molecular formula is C13H21N3O. The van der Waals surface area contributed by atoms with Crippen LogP contribution in [0.5, 0.6) is 0 Å². The Morgan fingerprint density at radius 3 is 2.76 bits per heavy atom. The van der Waals surface area contributed by atoms with Gasteiger partial charge in [-0.15, -0.1) is 0 Å². The van der Waals surface area contributed by atoms with E-state index in [4.69, 9.17) is 0 Å². The number of hydrogen-bond donors (Lipinski definition) is 2. The maximum absolute atomic E-state index is 9.57. The van der Waals surface area contributed by atoms with Gasteiger partial charge in [-0.3, -0.25) is 0 Å². The maximum Gasteiger partial charge on any atom is 0.0951 e. The standard InChI is InChI=1S/C13H21N3O/c17-11-5-3-10(4-6-11)16-9-14-8-13(16)12-2-1-7-15-12/h8-12,15,17H,1-7H2/t10?,11?,12-/m0/s1. The van der Waals surface area contributed by atoms with E-state index in [-0.39, 0.29) is 6.10 Å². The zero-order valence-electron chi connectivity index (χ0n) is 10.2. The van der Waals surface area contributed by atoms with Gasteiger partial charge in [0.2, 0.25) is 0 Å². The Balaban J connectivity index is 1.76. The van der Waals surface area contributed by atoms with Crippen LogP contribution in [0, 0.1) is 0 Å². The Morgan fingerprint density at radius 1 is 1.24 bits per heavy atom. The average Bonchev–Trinajstić information content (AvgIpc) is 3.00. The number of hydrogen-bond acceptors (Lipinski definition) is 3. The lowest BCUT2D eigenvalue weighted by Gasteiger charge is -2.28. The van der Waals surface area contributed by atoms with E-state index in [1.54, 1.807) is 0 Å². The molecule has 1 aliphatic carbocycles. The normalized spacial score (nSPS) is 34.1. The quantitative estimate of drug-likeness (QED) is 0.821. The first-order chi connectivity index (χ1) is 8.34. The zero-order chi connectivity index (χ0) is 11.7. The first kappa shape index (κ1) is 11.2. The number of nitrogens with one attached hydrogen (secondary N) is 1. The minimum Gasteiger partial charge on any atom is -0.393 e. The molecule has 17 heavy (non-hydrogen) atoms. The number of aliphatic hydroxyl groups is 1. The minimum absolute atomic E-state index is 0.0807. The molecule has 4 heteroatoms. The smallest absolute Gasteiger partial charge is 0.0951 e. The third-order valence-electron chi connectivity index (χ3n) is 4.17. The largest absolute Gasteiger partial charge is 0.393 e. The second-order valence-electron chi connectivity index (χ2n) is 5.34. The van der Waals surface area contributed by atoms with E-state index in [2.05, 4.69) is 14.9 Å². The lowest BCUT2D eigenvalue weighted by molar-refractivity contribution is 0.110. The summed E-state index contributed by atoms with van der Waals surface area (Å²) in [6.07, 6.45) is 10.4. The Labute approximate surface area is 102 Å². The molecule has 0 radical (unpaired) electrons. The molecule has 2 N–H and O–H groups in total. The monoisotopic (exact) mass is 235 g/mol. The average molecular weight is 235 g/mol. The van der Waals surface area contributed by atoms with E-state index in [1.165, 1.54) is 18.5 Å². The summed E-state index contributed by atoms with van der Waals surface area (Å²) < 4.78 is 2.34. The van der Waals surface area contributed by atoms with E-state index in [0.717, 1.165) is 32.2 Å². The van der Waals surface area contributed by atoms with Crippen LogP contribution in [-0.4, -0.2) is 27.3 Å². The molecule has 0 bridgehead atoms. The zero-order valence-corrected chi connectivity index (χ0v) is 10.2. The lowest BCUT2D eigenvalue weighted by Crippen LogP contribution is -2.24. The number of aromatic nitrogens is 2. The van der Waals surface area contributed by atoms with Gasteiger partial charge in [0, 0.05) is 18.3 Å². The van der Waals surface area contributed by atoms with Gasteiger partial charge in [0.15, 0.2) is 0 Å². The van der Waals surface area contributed by atoms with E-state index < -0.39 is 0 Å². The molecule has 0 amide bonds. The summed E-state index contributed by atoms with van der Waals surface area (Å²) in [4.78, 5) is 4.32. The van der Waals surface area contributed by atoms with Crippen molar-refractivity contribution in [1.29, 1.82) is 0 Å². The van der Waals surface area contributed by atoms with Crippen LogP contribution in [0.3, 0.4) is 0 Å². The first-order valence-electron chi connectivity index (χ1n) is 6.78. The topological polar surface area (TPSA) is 50.1 Å².